The lowest BCUT2D eigenvalue weighted by molar-refractivity contribution is 0.0954. The van der Waals surface area contributed by atoms with E-state index >= 15 is 0 Å². The Morgan fingerprint density at radius 2 is 1.96 bits per heavy atom. The van der Waals surface area contributed by atoms with Crippen molar-refractivity contribution in [2.45, 2.75) is 13.3 Å². The number of benzene rings is 1. The Morgan fingerprint density at radius 3 is 2.74 bits per heavy atom. The maximum Gasteiger partial charge on any atom is 0.251 e. The van der Waals surface area contributed by atoms with E-state index < -0.39 is 0 Å². The molecule has 23 heavy (non-hydrogen) atoms. The fourth-order valence-electron chi connectivity index (χ4n) is 2.47. The molecule has 0 unspecified atom stereocenters. The molecule has 0 saturated heterocycles. The van der Waals surface area contributed by atoms with E-state index in [0.29, 0.717) is 24.1 Å². The van der Waals surface area contributed by atoms with Gasteiger partial charge in [0.1, 0.15) is 0 Å². The normalized spacial score (nSPS) is 10.7. The highest BCUT2D eigenvalue weighted by Crippen LogP contribution is 2.13. The first kappa shape index (κ1) is 15.0. The summed E-state index contributed by atoms with van der Waals surface area (Å²) >= 11 is 0. The molecule has 2 aromatic heterocycles. The number of carbonyl (C=O) groups excluding carboxylic acids is 1. The van der Waals surface area contributed by atoms with Crippen LogP contribution < -0.4 is 10.9 Å². The van der Waals surface area contributed by atoms with Gasteiger partial charge in [0.2, 0.25) is 0 Å². The lowest BCUT2D eigenvalue weighted by atomic mass is 10.1. The Morgan fingerprint density at radius 1 is 1.17 bits per heavy atom. The van der Waals surface area contributed by atoms with Crippen molar-refractivity contribution in [3.8, 4) is 0 Å². The van der Waals surface area contributed by atoms with Crippen LogP contribution in [-0.4, -0.2) is 22.4 Å². The van der Waals surface area contributed by atoms with Gasteiger partial charge in [-0.15, -0.1) is 0 Å². The molecule has 3 rings (SSSR count). The van der Waals surface area contributed by atoms with Crippen LogP contribution in [-0.2, 0) is 6.42 Å². The van der Waals surface area contributed by atoms with Gasteiger partial charge in [0, 0.05) is 35.6 Å². The first-order chi connectivity index (χ1) is 11.1. The molecule has 0 radical (unpaired) electrons. The molecule has 0 fully saturated rings. The molecule has 0 atom stereocenters. The Bertz CT molecular complexity index is 901. The van der Waals surface area contributed by atoms with Gasteiger partial charge in [0.25, 0.3) is 11.5 Å². The van der Waals surface area contributed by atoms with E-state index in [9.17, 15) is 9.59 Å². The van der Waals surface area contributed by atoms with Gasteiger partial charge in [-0.25, -0.2) is 0 Å². The van der Waals surface area contributed by atoms with Crippen LogP contribution in [0.25, 0.3) is 10.9 Å². The van der Waals surface area contributed by atoms with Crippen molar-refractivity contribution in [2.75, 3.05) is 6.54 Å². The molecule has 2 heterocycles. The fraction of sp³-hybridized carbons (Fsp3) is 0.167. The summed E-state index contributed by atoms with van der Waals surface area (Å²) in [5, 5.41) is 3.81. The minimum atomic E-state index is -0.166. The van der Waals surface area contributed by atoms with Crippen LogP contribution in [0.5, 0.6) is 0 Å². The predicted octanol–water partition coefficient (Wildman–Crippen LogP) is 2.20. The summed E-state index contributed by atoms with van der Waals surface area (Å²) in [6.07, 6.45) is 3.63. The second-order valence-electron chi connectivity index (χ2n) is 5.46. The van der Waals surface area contributed by atoms with Gasteiger partial charge in [-0.2, -0.15) is 0 Å². The summed E-state index contributed by atoms with van der Waals surface area (Å²) in [7, 11) is 0. The van der Waals surface area contributed by atoms with E-state index in [-0.39, 0.29) is 11.5 Å². The zero-order chi connectivity index (χ0) is 16.2. The molecule has 0 spiro atoms. The molecule has 0 aliphatic carbocycles. The average Bonchev–Trinajstić information content (AvgIpc) is 2.56. The van der Waals surface area contributed by atoms with Gasteiger partial charge in [0.05, 0.1) is 0 Å². The predicted molar refractivity (Wildman–Crippen MR) is 89.6 cm³/mol. The standard InChI is InChI=1S/C18H17N3O2/c1-12-2-3-16-15(10-12)11-14(18(23)21-16)6-9-20-17(22)13-4-7-19-8-5-13/h2-5,7-8,10-11H,6,9H2,1H3,(H,20,22)(H,21,23). The van der Waals surface area contributed by atoms with Crippen LogP contribution in [0, 0.1) is 6.92 Å². The number of rotatable bonds is 4. The van der Waals surface area contributed by atoms with Crippen molar-refractivity contribution in [3.63, 3.8) is 0 Å². The van der Waals surface area contributed by atoms with Gasteiger partial charge in [-0.1, -0.05) is 11.6 Å². The number of hydrogen-bond acceptors (Lipinski definition) is 3. The van der Waals surface area contributed by atoms with E-state index in [4.69, 9.17) is 0 Å². The molecule has 5 heteroatoms. The molecule has 116 valence electrons. The highest BCUT2D eigenvalue weighted by molar-refractivity contribution is 5.93. The first-order valence-electron chi connectivity index (χ1n) is 7.44. The number of hydrogen-bond donors (Lipinski definition) is 2. The van der Waals surface area contributed by atoms with Crippen LogP contribution in [0.2, 0.25) is 0 Å². The number of carbonyl (C=O) groups is 1. The minimum absolute atomic E-state index is 0.112. The van der Waals surface area contributed by atoms with Crippen molar-refractivity contribution in [1.29, 1.82) is 0 Å². The van der Waals surface area contributed by atoms with Crippen LogP contribution >= 0.6 is 0 Å². The number of aromatic nitrogens is 2. The van der Waals surface area contributed by atoms with Crippen molar-refractivity contribution in [1.82, 2.24) is 15.3 Å². The van der Waals surface area contributed by atoms with Crippen molar-refractivity contribution in [2.24, 2.45) is 0 Å². The highest BCUT2D eigenvalue weighted by Gasteiger charge is 2.06. The topological polar surface area (TPSA) is 74.8 Å². The smallest absolute Gasteiger partial charge is 0.251 e. The number of nitrogens with one attached hydrogen (secondary N) is 2. The van der Waals surface area contributed by atoms with E-state index in [1.807, 2.05) is 31.2 Å². The molecule has 0 aliphatic rings. The summed E-state index contributed by atoms with van der Waals surface area (Å²) in [5.41, 5.74) is 3.08. The van der Waals surface area contributed by atoms with Crippen molar-refractivity contribution >= 4 is 16.8 Å². The zero-order valence-electron chi connectivity index (χ0n) is 12.8. The number of aryl methyl sites for hydroxylation is 1. The molecule has 2 N–H and O–H groups in total. The van der Waals surface area contributed by atoms with E-state index in [1.54, 1.807) is 24.5 Å². The molecule has 0 aliphatic heterocycles. The fourth-order valence-corrected chi connectivity index (χ4v) is 2.47. The van der Waals surface area contributed by atoms with E-state index in [1.165, 1.54) is 0 Å². The largest absolute Gasteiger partial charge is 0.352 e. The van der Waals surface area contributed by atoms with Crippen molar-refractivity contribution < 1.29 is 4.79 Å². The third-order valence-electron chi connectivity index (χ3n) is 3.70. The second kappa shape index (κ2) is 6.44. The molecule has 0 saturated carbocycles. The first-order valence-corrected chi connectivity index (χ1v) is 7.44. The molecule has 3 aromatic rings. The average molecular weight is 307 g/mol. The van der Waals surface area contributed by atoms with Gasteiger partial charge in [-0.05, 0) is 49.1 Å². The van der Waals surface area contributed by atoms with Crippen LogP contribution in [0.3, 0.4) is 0 Å². The van der Waals surface area contributed by atoms with Crippen LogP contribution in [0.4, 0.5) is 0 Å². The zero-order valence-corrected chi connectivity index (χ0v) is 12.8. The molecular weight excluding hydrogens is 290 g/mol. The van der Waals surface area contributed by atoms with Crippen molar-refractivity contribution in [3.05, 3.63) is 75.8 Å². The van der Waals surface area contributed by atoms with Gasteiger partial charge in [0.15, 0.2) is 0 Å². The molecule has 5 nitrogen and oxygen atoms in total. The summed E-state index contributed by atoms with van der Waals surface area (Å²) in [6.45, 7) is 2.42. The van der Waals surface area contributed by atoms with E-state index in [2.05, 4.69) is 15.3 Å². The number of nitrogens with zero attached hydrogens (tertiary/aromatic N) is 1. The summed E-state index contributed by atoms with van der Waals surface area (Å²) in [6, 6.07) is 11.1. The summed E-state index contributed by atoms with van der Waals surface area (Å²) in [5.74, 6) is -0.166. The Balaban J connectivity index is 1.71. The number of fused-ring (bicyclic) bond motifs is 1. The lowest BCUT2D eigenvalue weighted by Gasteiger charge is -2.06. The minimum Gasteiger partial charge on any atom is -0.352 e. The Hall–Kier alpha value is -2.95. The SMILES string of the molecule is Cc1ccc2[nH]c(=O)c(CCNC(=O)c3ccncc3)cc2c1. The van der Waals surface area contributed by atoms with E-state index in [0.717, 1.165) is 16.5 Å². The lowest BCUT2D eigenvalue weighted by Crippen LogP contribution is -2.27. The molecular formula is C18H17N3O2. The molecule has 1 amide bonds. The highest BCUT2D eigenvalue weighted by atomic mass is 16.1. The quantitative estimate of drug-likeness (QED) is 0.776. The number of aromatic amines is 1. The Labute approximate surface area is 133 Å². The maximum absolute atomic E-state index is 12.1. The number of pyridine rings is 2. The third kappa shape index (κ3) is 3.45. The summed E-state index contributed by atoms with van der Waals surface area (Å²) in [4.78, 5) is 30.8. The molecule has 1 aromatic carbocycles. The summed E-state index contributed by atoms with van der Waals surface area (Å²) < 4.78 is 0. The van der Waals surface area contributed by atoms with Gasteiger partial charge in [-0.3, -0.25) is 14.6 Å². The van der Waals surface area contributed by atoms with Gasteiger partial charge >= 0.3 is 0 Å². The molecule has 0 bridgehead atoms. The van der Waals surface area contributed by atoms with Crippen LogP contribution in [0.1, 0.15) is 21.5 Å². The third-order valence-corrected chi connectivity index (χ3v) is 3.70. The second-order valence-corrected chi connectivity index (χ2v) is 5.46. The number of H-pyrrole nitrogens is 1. The Kier molecular flexibility index (Phi) is 4.19. The number of amides is 1. The monoisotopic (exact) mass is 307 g/mol. The van der Waals surface area contributed by atoms with Crippen LogP contribution in [0.15, 0.2) is 53.6 Å². The van der Waals surface area contributed by atoms with Gasteiger partial charge < -0.3 is 10.3 Å². The maximum atomic E-state index is 12.1.